The first-order valence-corrected chi connectivity index (χ1v) is 4.77. The van der Waals surface area contributed by atoms with Crippen LogP contribution in [0, 0.1) is 0 Å². The number of pyridine rings is 1. The number of nitrogens with two attached hydrogens (primary N) is 1. The van der Waals surface area contributed by atoms with Gasteiger partial charge in [-0.1, -0.05) is 0 Å². The third-order valence-corrected chi connectivity index (χ3v) is 2.31. The Morgan fingerprint density at radius 1 is 1.07 bits per heavy atom. The highest BCUT2D eigenvalue weighted by Crippen LogP contribution is 2.20. The van der Waals surface area contributed by atoms with Crippen LogP contribution < -0.4 is 5.73 Å². The van der Waals surface area contributed by atoms with E-state index in [0.29, 0.717) is 6.54 Å². The van der Waals surface area contributed by atoms with Gasteiger partial charge in [0, 0.05) is 31.1 Å². The van der Waals surface area contributed by atoms with E-state index in [-0.39, 0.29) is 5.92 Å². The lowest BCUT2D eigenvalue weighted by Gasteiger charge is -2.13. The molecule has 0 saturated heterocycles. The molecule has 2 heterocycles. The first-order chi connectivity index (χ1) is 7.42. The summed E-state index contributed by atoms with van der Waals surface area (Å²) in [6, 6.07) is 5.80. The van der Waals surface area contributed by atoms with E-state index in [0.717, 1.165) is 11.3 Å². The van der Waals surface area contributed by atoms with Gasteiger partial charge in [0.15, 0.2) is 0 Å². The lowest BCUT2D eigenvalue weighted by molar-refractivity contribution is 0.779. The Hall–Kier alpha value is -1.81. The van der Waals surface area contributed by atoms with Crippen molar-refractivity contribution >= 4 is 0 Å². The normalized spacial score (nSPS) is 12.3. The largest absolute Gasteiger partial charge is 0.329 e. The molecule has 2 rings (SSSR count). The molecule has 0 amide bonds. The van der Waals surface area contributed by atoms with Crippen LogP contribution in [0.3, 0.4) is 0 Å². The van der Waals surface area contributed by atoms with E-state index in [1.165, 1.54) is 0 Å². The van der Waals surface area contributed by atoms with E-state index < -0.39 is 0 Å². The van der Waals surface area contributed by atoms with Crippen LogP contribution in [-0.2, 0) is 0 Å². The van der Waals surface area contributed by atoms with Gasteiger partial charge in [0.25, 0.3) is 0 Å². The fraction of sp³-hybridized carbons (Fsp3) is 0.182. The third-order valence-electron chi connectivity index (χ3n) is 2.31. The Morgan fingerprint density at radius 2 is 1.80 bits per heavy atom. The van der Waals surface area contributed by atoms with E-state index in [9.17, 15) is 0 Å². The molecule has 0 fully saturated rings. The number of hydrogen-bond acceptors (Lipinski definition) is 4. The van der Waals surface area contributed by atoms with Crippen LogP contribution in [0.25, 0.3) is 0 Å². The van der Waals surface area contributed by atoms with Crippen LogP contribution in [0.1, 0.15) is 17.2 Å². The van der Waals surface area contributed by atoms with Crippen LogP contribution >= 0.6 is 0 Å². The standard InChI is InChI=1S/C11H12N4/c12-7-10(9-1-4-13-5-2-9)11-3-6-14-8-15-11/h1-6,8,10H,7,12H2. The second kappa shape index (κ2) is 4.61. The molecule has 76 valence electrons. The molecule has 0 aromatic carbocycles. The van der Waals surface area contributed by atoms with E-state index in [1.54, 1.807) is 24.9 Å². The lowest BCUT2D eigenvalue weighted by Crippen LogP contribution is -2.15. The van der Waals surface area contributed by atoms with Crippen LogP contribution in [0.5, 0.6) is 0 Å². The SMILES string of the molecule is NCC(c1ccncc1)c1ccncn1. The third kappa shape index (κ3) is 2.16. The lowest BCUT2D eigenvalue weighted by atomic mass is 9.97. The summed E-state index contributed by atoms with van der Waals surface area (Å²) in [6.07, 6.45) is 6.80. The van der Waals surface area contributed by atoms with Crippen molar-refractivity contribution in [3.8, 4) is 0 Å². The topological polar surface area (TPSA) is 64.7 Å². The maximum Gasteiger partial charge on any atom is 0.115 e. The van der Waals surface area contributed by atoms with Gasteiger partial charge in [0.2, 0.25) is 0 Å². The van der Waals surface area contributed by atoms with Crippen molar-refractivity contribution in [2.24, 2.45) is 5.73 Å². The Labute approximate surface area is 88.2 Å². The molecule has 2 aromatic heterocycles. The highest BCUT2D eigenvalue weighted by Gasteiger charge is 2.12. The Morgan fingerprint density at radius 3 is 2.40 bits per heavy atom. The molecule has 2 N–H and O–H groups in total. The monoisotopic (exact) mass is 200 g/mol. The van der Waals surface area contributed by atoms with Crippen molar-refractivity contribution in [2.45, 2.75) is 5.92 Å². The van der Waals surface area contributed by atoms with Crippen molar-refractivity contribution in [3.63, 3.8) is 0 Å². The average Bonchev–Trinajstić information content (AvgIpc) is 2.33. The summed E-state index contributed by atoms with van der Waals surface area (Å²) < 4.78 is 0. The molecule has 1 atom stereocenters. The van der Waals surface area contributed by atoms with Crippen LogP contribution in [-0.4, -0.2) is 21.5 Å². The van der Waals surface area contributed by atoms with Gasteiger partial charge in [-0.05, 0) is 23.8 Å². The number of aromatic nitrogens is 3. The summed E-state index contributed by atoms with van der Waals surface area (Å²) in [6.45, 7) is 0.529. The quantitative estimate of drug-likeness (QED) is 0.801. The van der Waals surface area contributed by atoms with E-state index in [4.69, 9.17) is 5.73 Å². The van der Waals surface area contributed by atoms with E-state index in [1.807, 2.05) is 18.2 Å². The molecule has 0 saturated carbocycles. The summed E-state index contributed by atoms with van der Waals surface area (Å²) >= 11 is 0. The smallest absolute Gasteiger partial charge is 0.115 e. The summed E-state index contributed by atoms with van der Waals surface area (Å²) in [5, 5.41) is 0. The molecule has 15 heavy (non-hydrogen) atoms. The molecule has 1 unspecified atom stereocenters. The summed E-state index contributed by atoms with van der Waals surface area (Å²) in [5.74, 6) is 0.121. The molecule has 0 aliphatic carbocycles. The molecule has 0 aliphatic heterocycles. The van der Waals surface area contributed by atoms with Crippen LogP contribution in [0.2, 0.25) is 0 Å². The minimum atomic E-state index is 0.121. The van der Waals surface area contributed by atoms with Crippen molar-refractivity contribution in [2.75, 3.05) is 6.54 Å². The van der Waals surface area contributed by atoms with Crippen LogP contribution in [0.15, 0.2) is 43.1 Å². The van der Waals surface area contributed by atoms with Crippen molar-refractivity contribution < 1.29 is 0 Å². The molecule has 0 aliphatic rings. The second-order valence-corrected chi connectivity index (χ2v) is 3.20. The van der Waals surface area contributed by atoms with Crippen LogP contribution in [0.4, 0.5) is 0 Å². The summed E-state index contributed by atoms with van der Waals surface area (Å²) in [4.78, 5) is 12.1. The molecule has 2 aromatic rings. The fourth-order valence-electron chi connectivity index (χ4n) is 1.53. The van der Waals surface area contributed by atoms with Gasteiger partial charge in [-0.15, -0.1) is 0 Å². The zero-order valence-electron chi connectivity index (χ0n) is 8.24. The minimum absolute atomic E-state index is 0.121. The van der Waals surface area contributed by atoms with Gasteiger partial charge in [-0.25, -0.2) is 9.97 Å². The Balaban J connectivity index is 2.34. The first kappa shape index (κ1) is 9.73. The van der Waals surface area contributed by atoms with Crippen molar-refractivity contribution in [1.82, 2.24) is 15.0 Å². The summed E-state index contributed by atoms with van der Waals surface area (Å²) in [5.41, 5.74) is 7.83. The number of rotatable bonds is 3. The van der Waals surface area contributed by atoms with Gasteiger partial charge >= 0.3 is 0 Å². The first-order valence-electron chi connectivity index (χ1n) is 4.77. The van der Waals surface area contributed by atoms with Gasteiger partial charge in [0.1, 0.15) is 6.33 Å². The van der Waals surface area contributed by atoms with Gasteiger partial charge in [0.05, 0.1) is 5.69 Å². The highest BCUT2D eigenvalue weighted by molar-refractivity contribution is 5.26. The van der Waals surface area contributed by atoms with Gasteiger partial charge < -0.3 is 5.73 Å². The molecule has 0 radical (unpaired) electrons. The summed E-state index contributed by atoms with van der Waals surface area (Å²) in [7, 11) is 0. The van der Waals surface area contributed by atoms with Gasteiger partial charge in [-0.2, -0.15) is 0 Å². The van der Waals surface area contributed by atoms with E-state index >= 15 is 0 Å². The molecule has 4 heteroatoms. The number of nitrogens with zero attached hydrogens (tertiary/aromatic N) is 3. The van der Waals surface area contributed by atoms with E-state index in [2.05, 4.69) is 15.0 Å². The maximum atomic E-state index is 5.76. The minimum Gasteiger partial charge on any atom is -0.329 e. The fourth-order valence-corrected chi connectivity index (χ4v) is 1.53. The molecule has 0 bridgehead atoms. The molecular weight excluding hydrogens is 188 g/mol. The average molecular weight is 200 g/mol. The molecule has 4 nitrogen and oxygen atoms in total. The predicted molar refractivity (Wildman–Crippen MR) is 57.2 cm³/mol. The highest BCUT2D eigenvalue weighted by atomic mass is 14.8. The maximum absolute atomic E-state index is 5.76. The molecular formula is C11H12N4. The molecule has 0 spiro atoms. The second-order valence-electron chi connectivity index (χ2n) is 3.20. The zero-order valence-corrected chi connectivity index (χ0v) is 8.24. The van der Waals surface area contributed by atoms with Gasteiger partial charge in [-0.3, -0.25) is 4.98 Å². The Bertz CT molecular complexity index is 362. The van der Waals surface area contributed by atoms with Crippen molar-refractivity contribution in [3.05, 3.63) is 54.4 Å². The Kier molecular flexibility index (Phi) is 2.99. The predicted octanol–water partition coefficient (Wildman–Crippen LogP) is 0.962. The van der Waals surface area contributed by atoms with Crippen molar-refractivity contribution in [1.29, 1.82) is 0 Å². The number of hydrogen-bond donors (Lipinski definition) is 1. The zero-order chi connectivity index (χ0) is 10.5.